The molecule has 10 heteroatoms. The number of carbonyl (C=O) groups excluding carboxylic acids is 2. The molecule has 168 valence electrons. The van der Waals surface area contributed by atoms with Crippen LogP contribution in [0.25, 0.3) is 0 Å². The van der Waals surface area contributed by atoms with Gasteiger partial charge in [0.05, 0.1) is 14.8 Å². The van der Waals surface area contributed by atoms with E-state index >= 15 is 0 Å². The highest BCUT2D eigenvalue weighted by molar-refractivity contribution is 7.89. The molecule has 0 spiro atoms. The first-order valence-corrected chi connectivity index (χ1v) is 12.5. The van der Waals surface area contributed by atoms with Gasteiger partial charge in [-0.1, -0.05) is 32.4 Å². The summed E-state index contributed by atoms with van der Waals surface area (Å²) < 4.78 is 27.0. The summed E-state index contributed by atoms with van der Waals surface area (Å²) in [5.41, 5.74) is 0.254. The van der Waals surface area contributed by atoms with Gasteiger partial charge in [0.2, 0.25) is 15.9 Å². The zero-order chi connectivity index (χ0) is 23.0. The van der Waals surface area contributed by atoms with Crippen molar-refractivity contribution >= 4 is 49.8 Å². The van der Waals surface area contributed by atoms with Crippen molar-refractivity contribution in [3.63, 3.8) is 0 Å². The van der Waals surface area contributed by atoms with Gasteiger partial charge in [0.1, 0.15) is 0 Å². The molecule has 1 N–H and O–H groups in total. The normalized spacial score (nSPS) is 15.7. The van der Waals surface area contributed by atoms with Gasteiger partial charge in [0, 0.05) is 36.6 Å². The molecule has 1 aliphatic rings. The standard InChI is InChI=1S/C21H26ClN3O4S2/c1-14-13-17(23-20(27)21(2,3)4)30-18(14)19(26)24-9-11-25(12-10-24)31(28,29)16-7-5-15(22)6-8-16/h5-8,13H,9-12H2,1-4H3,(H,23,27). The summed E-state index contributed by atoms with van der Waals surface area (Å²) in [6, 6.07) is 7.85. The molecule has 1 aromatic heterocycles. The molecule has 1 fully saturated rings. The minimum absolute atomic E-state index is 0.117. The molecular formula is C21H26ClN3O4S2. The van der Waals surface area contributed by atoms with Gasteiger partial charge in [-0.05, 0) is 42.8 Å². The predicted octanol–water partition coefficient (Wildman–Crippen LogP) is 3.84. The van der Waals surface area contributed by atoms with E-state index in [1.165, 1.54) is 27.8 Å². The van der Waals surface area contributed by atoms with E-state index in [2.05, 4.69) is 5.32 Å². The number of hydrogen-bond donors (Lipinski definition) is 1. The second-order valence-electron chi connectivity index (χ2n) is 8.48. The topological polar surface area (TPSA) is 86.8 Å². The first kappa shape index (κ1) is 23.7. The maximum Gasteiger partial charge on any atom is 0.264 e. The van der Waals surface area contributed by atoms with Crippen LogP contribution in [-0.2, 0) is 14.8 Å². The number of piperazine rings is 1. The van der Waals surface area contributed by atoms with Crippen molar-refractivity contribution in [3.05, 3.63) is 45.8 Å². The van der Waals surface area contributed by atoms with Gasteiger partial charge in [-0.2, -0.15) is 4.31 Å². The first-order chi connectivity index (χ1) is 14.4. The lowest BCUT2D eigenvalue weighted by Gasteiger charge is -2.34. The molecule has 2 amide bonds. The van der Waals surface area contributed by atoms with E-state index in [1.807, 2.05) is 27.7 Å². The summed E-state index contributed by atoms with van der Waals surface area (Å²) in [6.07, 6.45) is 0. The second kappa shape index (κ2) is 8.90. The number of rotatable bonds is 4. The average Bonchev–Trinajstić information content (AvgIpc) is 3.07. The van der Waals surface area contributed by atoms with Crippen LogP contribution in [-0.4, -0.2) is 55.6 Å². The maximum atomic E-state index is 13.0. The molecule has 3 rings (SSSR count). The van der Waals surface area contributed by atoms with Gasteiger partial charge in [-0.15, -0.1) is 11.3 Å². The first-order valence-electron chi connectivity index (χ1n) is 9.86. The Morgan fingerprint density at radius 3 is 2.19 bits per heavy atom. The lowest BCUT2D eigenvalue weighted by atomic mass is 9.96. The van der Waals surface area contributed by atoms with Crippen LogP contribution in [0.1, 0.15) is 36.0 Å². The number of nitrogens with one attached hydrogen (secondary N) is 1. The fourth-order valence-electron chi connectivity index (χ4n) is 3.09. The number of halogens is 1. The van der Waals surface area contributed by atoms with E-state index in [9.17, 15) is 18.0 Å². The van der Waals surface area contributed by atoms with Crippen LogP contribution in [0, 0.1) is 12.3 Å². The Hall–Kier alpha value is -1.94. The summed E-state index contributed by atoms with van der Waals surface area (Å²) in [6.45, 7) is 8.34. The largest absolute Gasteiger partial charge is 0.335 e. The molecule has 31 heavy (non-hydrogen) atoms. The highest BCUT2D eigenvalue weighted by Gasteiger charge is 2.31. The van der Waals surface area contributed by atoms with E-state index in [0.717, 1.165) is 5.56 Å². The second-order valence-corrected chi connectivity index (χ2v) is 11.9. The van der Waals surface area contributed by atoms with Gasteiger partial charge in [0.25, 0.3) is 5.91 Å². The molecule has 0 unspecified atom stereocenters. The van der Waals surface area contributed by atoms with E-state index < -0.39 is 15.4 Å². The predicted molar refractivity (Wildman–Crippen MR) is 123 cm³/mol. The average molecular weight is 484 g/mol. The van der Waals surface area contributed by atoms with E-state index in [1.54, 1.807) is 23.1 Å². The van der Waals surface area contributed by atoms with Gasteiger partial charge in [-0.25, -0.2) is 8.42 Å². The third-order valence-corrected chi connectivity index (χ3v) is 8.31. The monoisotopic (exact) mass is 483 g/mol. The number of anilines is 1. The molecule has 0 saturated carbocycles. The molecule has 7 nitrogen and oxygen atoms in total. The van der Waals surface area contributed by atoms with Gasteiger partial charge in [0.15, 0.2) is 0 Å². The third kappa shape index (κ3) is 5.28. The summed E-state index contributed by atoms with van der Waals surface area (Å²) in [5.74, 6) is -0.268. The van der Waals surface area contributed by atoms with Crippen LogP contribution in [0.2, 0.25) is 5.02 Å². The number of hydrogen-bond acceptors (Lipinski definition) is 5. The fraction of sp³-hybridized carbons (Fsp3) is 0.429. The molecule has 0 radical (unpaired) electrons. The molecule has 0 aliphatic carbocycles. The van der Waals surface area contributed by atoms with Crippen molar-refractivity contribution in [1.29, 1.82) is 0 Å². The molecule has 1 saturated heterocycles. The number of carbonyl (C=O) groups is 2. The van der Waals surface area contributed by atoms with Crippen LogP contribution in [0.4, 0.5) is 5.00 Å². The third-order valence-electron chi connectivity index (χ3n) is 5.01. The lowest BCUT2D eigenvalue weighted by Crippen LogP contribution is -2.50. The summed E-state index contributed by atoms with van der Waals surface area (Å²) in [5, 5.41) is 3.96. The number of nitrogens with zero attached hydrogens (tertiary/aromatic N) is 2. The molecule has 1 aromatic carbocycles. The van der Waals surface area contributed by atoms with Crippen LogP contribution >= 0.6 is 22.9 Å². The van der Waals surface area contributed by atoms with Crippen LogP contribution in [0.15, 0.2) is 35.2 Å². The molecule has 0 bridgehead atoms. The highest BCUT2D eigenvalue weighted by Crippen LogP contribution is 2.30. The van der Waals surface area contributed by atoms with Crippen molar-refractivity contribution in [2.45, 2.75) is 32.6 Å². The maximum absolute atomic E-state index is 13.0. The van der Waals surface area contributed by atoms with Crippen LogP contribution in [0.3, 0.4) is 0 Å². The van der Waals surface area contributed by atoms with Gasteiger partial charge >= 0.3 is 0 Å². The van der Waals surface area contributed by atoms with Crippen LogP contribution in [0.5, 0.6) is 0 Å². The quantitative estimate of drug-likeness (QED) is 0.715. The van der Waals surface area contributed by atoms with E-state index in [4.69, 9.17) is 11.6 Å². The Morgan fingerprint density at radius 2 is 1.65 bits per heavy atom. The number of aryl methyl sites for hydroxylation is 1. The van der Waals surface area contributed by atoms with Crippen molar-refractivity contribution < 1.29 is 18.0 Å². The number of thiophene rings is 1. The lowest BCUT2D eigenvalue weighted by molar-refractivity contribution is -0.123. The summed E-state index contributed by atoms with van der Waals surface area (Å²) in [4.78, 5) is 27.6. The SMILES string of the molecule is Cc1cc(NC(=O)C(C)(C)C)sc1C(=O)N1CCN(S(=O)(=O)c2ccc(Cl)cc2)CC1. The Balaban J connectivity index is 1.67. The number of amides is 2. The molecule has 1 aliphatic heterocycles. The Kier molecular flexibility index (Phi) is 6.81. The Labute approximate surface area is 192 Å². The summed E-state index contributed by atoms with van der Waals surface area (Å²) in [7, 11) is -3.63. The molecular weight excluding hydrogens is 458 g/mol. The fourth-order valence-corrected chi connectivity index (χ4v) is 5.67. The minimum Gasteiger partial charge on any atom is -0.335 e. The van der Waals surface area contributed by atoms with Crippen molar-refractivity contribution in [2.75, 3.05) is 31.5 Å². The van der Waals surface area contributed by atoms with Crippen molar-refractivity contribution in [1.82, 2.24) is 9.21 Å². The zero-order valence-corrected chi connectivity index (χ0v) is 20.3. The molecule has 2 heterocycles. The minimum atomic E-state index is -3.63. The Bertz CT molecular complexity index is 1080. The zero-order valence-electron chi connectivity index (χ0n) is 17.9. The molecule has 0 atom stereocenters. The van der Waals surface area contributed by atoms with E-state index in [-0.39, 0.29) is 29.8 Å². The van der Waals surface area contributed by atoms with Gasteiger partial charge in [-0.3, -0.25) is 9.59 Å². The van der Waals surface area contributed by atoms with Crippen LogP contribution < -0.4 is 5.32 Å². The van der Waals surface area contributed by atoms with Crippen molar-refractivity contribution in [3.8, 4) is 0 Å². The number of sulfonamides is 1. The smallest absolute Gasteiger partial charge is 0.264 e. The van der Waals surface area contributed by atoms with Gasteiger partial charge < -0.3 is 10.2 Å². The van der Waals surface area contributed by atoms with Crippen molar-refractivity contribution in [2.24, 2.45) is 5.41 Å². The molecule has 2 aromatic rings. The van der Waals surface area contributed by atoms with E-state index in [0.29, 0.717) is 28.0 Å². The summed E-state index contributed by atoms with van der Waals surface area (Å²) >= 11 is 7.09. The highest BCUT2D eigenvalue weighted by atomic mass is 35.5. The Morgan fingerprint density at radius 1 is 1.06 bits per heavy atom. The number of benzene rings is 1.